The number of hydrogen-bond donors (Lipinski definition) is 1. The Balaban J connectivity index is 1.39. The van der Waals surface area contributed by atoms with Crippen LogP contribution in [0.2, 0.25) is 0 Å². The van der Waals surface area contributed by atoms with Crippen LogP contribution in [0.4, 0.5) is 4.79 Å². The van der Waals surface area contributed by atoms with Crippen LogP contribution in [0.5, 0.6) is 5.75 Å². The molecule has 2 amide bonds. The SMILES string of the molecule is Cc1ccc(OC2CCN(C(=O)OC(C)(C)C)CC2)cc1C(=O)NC(C)c1cccc2ccccc12. The first-order valence-corrected chi connectivity index (χ1v) is 12.6. The predicted molar refractivity (Wildman–Crippen MR) is 142 cm³/mol. The predicted octanol–water partition coefficient (Wildman–Crippen LogP) is 6.42. The Bertz CT molecular complexity index is 1230. The van der Waals surface area contributed by atoms with E-state index in [0.717, 1.165) is 21.9 Å². The molecule has 0 saturated carbocycles. The summed E-state index contributed by atoms with van der Waals surface area (Å²) >= 11 is 0. The van der Waals surface area contributed by atoms with E-state index in [1.807, 2.05) is 71.0 Å². The molecule has 3 aromatic rings. The molecule has 0 radical (unpaired) electrons. The van der Waals surface area contributed by atoms with Gasteiger partial charge in [-0.15, -0.1) is 0 Å². The summed E-state index contributed by atoms with van der Waals surface area (Å²) in [6, 6.07) is 19.9. The minimum atomic E-state index is -0.506. The number of hydrogen-bond acceptors (Lipinski definition) is 4. The number of carbonyl (C=O) groups excluding carboxylic acids is 2. The maximum absolute atomic E-state index is 13.2. The van der Waals surface area contributed by atoms with E-state index in [4.69, 9.17) is 9.47 Å². The Morgan fingerprint density at radius 1 is 1.00 bits per heavy atom. The zero-order valence-corrected chi connectivity index (χ0v) is 21.8. The molecule has 1 N–H and O–H groups in total. The van der Waals surface area contributed by atoms with Gasteiger partial charge in [0.2, 0.25) is 0 Å². The van der Waals surface area contributed by atoms with Crippen molar-refractivity contribution in [3.8, 4) is 5.75 Å². The van der Waals surface area contributed by atoms with Gasteiger partial charge in [-0.25, -0.2) is 4.79 Å². The number of carbonyl (C=O) groups is 2. The first kappa shape index (κ1) is 25.5. The van der Waals surface area contributed by atoms with E-state index in [1.54, 1.807) is 4.90 Å². The molecule has 1 unspecified atom stereocenters. The van der Waals surface area contributed by atoms with Crippen molar-refractivity contribution < 1.29 is 19.1 Å². The number of ether oxygens (including phenoxy) is 2. The largest absolute Gasteiger partial charge is 0.490 e. The lowest BCUT2D eigenvalue weighted by Gasteiger charge is -2.33. The average molecular weight is 489 g/mol. The number of rotatable bonds is 5. The zero-order chi connectivity index (χ0) is 25.9. The van der Waals surface area contributed by atoms with Crippen molar-refractivity contribution in [2.24, 2.45) is 0 Å². The molecule has 0 spiro atoms. The number of benzene rings is 3. The van der Waals surface area contributed by atoms with Crippen LogP contribution in [0.25, 0.3) is 10.8 Å². The van der Waals surface area contributed by atoms with Gasteiger partial charge in [0.15, 0.2) is 0 Å². The normalized spacial score (nSPS) is 15.4. The van der Waals surface area contributed by atoms with Crippen molar-refractivity contribution in [3.05, 3.63) is 77.4 Å². The Kier molecular flexibility index (Phi) is 7.53. The molecule has 1 fully saturated rings. The highest BCUT2D eigenvalue weighted by atomic mass is 16.6. The average Bonchev–Trinajstić information content (AvgIpc) is 2.84. The smallest absolute Gasteiger partial charge is 0.410 e. The van der Waals surface area contributed by atoms with Gasteiger partial charge in [-0.1, -0.05) is 48.5 Å². The molecule has 6 heteroatoms. The molecule has 190 valence electrons. The van der Waals surface area contributed by atoms with Crippen LogP contribution < -0.4 is 10.1 Å². The summed E-state index contributed by atoms with van der Waals surface area (Å²) < 4.78 is 11.7. The highest BCUT2D eigenvalue weighted by Crippen LogP contribution is 2.26. The maximum atomic E-state index is 13.2. The third-order valence-electron chi connectivity index (χ3n) is 6.49. The second-order valence-corrected chi connectivity index (χ2v) is 10.5. The van der Waals surface area contributed by atoms with E-state index in [0.29, 0.717) is 37.2 Å². The standard InChI is InChI=1S/C30H36N2O4/c1-20-13-14-24(35-23-15-17-32(18-16-23)29(34)36-30(3,4)5)19-27(20)28(33)31-21(2)25-12-8-10-22-9-6-7-11-26(22)25/h6-14,19,21,23H,15-18H2,1-5H3,(H,31,33). The summed E-state index contributed by atoms with van der Waals surface area (Å²) in [5.74, 6) is 0.539. The van der Waals surface area contributed by atoms with E-state index >= 15 is 0 Å². The molecule has 0 aromatic heterocycles. The molecule has 1 aliphatic heterocycles. The maximum Gasteiger partial charge on any atom is 0.410 e. The quantitative estimate of drug-likeness (QED) is 0.450. The molecule has 3 aromatic carbocycles. The van der Waals surface area contributed by atoms with Gasteiger partial charge in [0.1, 0.15) is 17.5 Å². The first-order chi connectivity index (χ1) is 17.1. The summed E-state index contributed by atoms with van der Waals surface area (Å²) in [6.45, 7) is 10.7. The molecule has 0 bridgehead atoms. The van der Waals surface area contributed by atoms with E-state index < -0.39 is 5.60 Å². The van der Waals surface area contributed by atoms with E-state index in [2.05, 4.69) is 29.6 Å². The van der Waals surface area contributed by atoms with Crippen molar-refractivity contribution >= 4 is 22.8 Å². The molecular formula is C30H36N2O4. The first-order valence-electron chi connectivity index (χ1n) is 12.6. The highest BCUT2D eigenvalue weighted by molar-refractivity contribution is 5.96. The van der Waals surface area contributed by atoms with E-state index in [9.17, 15) is 9.59 Å². The van der Waals surface area contributed by atoms with Crippen LogP contribution >= 0.6 is 0 Å². The lowest BCUT2D eigenvalue weighted by molar-refractivity contribution is 0.0126. The molecule has 1 heterocycles. The highest BCUT2D eigenvalue weighted by Gasteiger charge is 2.28. The summed E-state index contributed by atoms with van der Waals surface area (Å²) in [6.07, 6.45) is 1.13. The second kappa shape index (κ2) is 10.6. The fourth-order valence-corrected chi connectivity index (χ4v) is 4.57. The van der Waals surface area contributed by atoms with Crippen molar-refractivity contribution in [2.75, 3.05) is 13.1 Å². The number of piperidine rings is 1. The van der Waals surface area contributed by atoms with Gasteiger partial charge in [-0.05, 0) is 68.7 Å². The van der Waals surface area contributed by atoms with Crippen LogP contribution in [0.1, 0.15) is 68.1 Å². The third kappa shape index (κ3) is 6.17. The molecular weight excluding hydrogens is 452 g/mol. The van der Waals surface area contributed by atoms with Crippen LogP contribution in [-0.2, 0) is 4.74 Å². The molecule has 1 aliphatic rings. The third-order valence-corrected chi connectivity index (χ3v) is 6.49. The van der Waals surface area contributed by atoms with Gasteiger partial charge >= 0.3 is 6.09 Å². The number of likely N-dealkylation sites (tertiary alicyclic amines) is 1. The molecule has 4 rings (SSSR count). The van der Waals surface area contributed by atoms with Crippen LogP contribution in [0, 0.1) is 6.92 Å². The fourth-order valence-electron chi connectivity index (χ4n) is 4.57. The minimum Gasteiger partial charge on any atom is -0.490 e. The van der Waals surface area contributed by atoms with E-state index in [-0.39, 0.29) is 24.1 Å². The number of nitrogens with one attached hydrogen (secondary N) is 1. The van der Waals surface area contributed by atoms with Crippen molar-refractivity contribution in [3.63, 3.8) is 0 Å². The van der Waals surface area contributed by atoms with Gasteiger partial charge in [0, 0.05) is 31.5 Å². The number of amides is 2. The lowest BCUT2D eigenvalue weighted by Crippen LogP contribution is -2.44. The number of nitrogens with zero attached hydrogens (tertiary/aromatic N) is 1. The summed E-state index contributed by atoms with van der Waals surface area (Å²) in [7, 11) is 0. The Labute approximate surface area is 213 Å². The molecule has 1 atom stereocenters. The summed E-state index contributed by atoms with van der Waals surface area (Å²) in [5, 5.41) is 5.45. The Morgan fingerprint density at radius 3 is 2.42 bits per heavy atom. The lowest BCUT2D eigenvalue weighted by atomic mass is 9.99. The zero-order valence-electron chi connectivity index (χ0n) is 21.8. The van der Waals surface area contributed by atoms with Crippen LogP contribution in [-0.4, -0.2) is 41.7 Å². The van der Waals surface area contributed by atoms with Crippen molar-refractivity contribution in [1.29, 1.82) is 0 Å². The Hall–Kier alpha value is -3.54. The van der Waals surface area contributed by atoms with Crippen molar-refractivity contribution in [2.45, 2.75) is 65.2 Å². The molecule has 0 aliphatic carbocycles. The van der Waals surface area contributed by atoms with Gasteiger partial charge in [-0.3, -0.25) is 4.79 Å². The van der Waals surface area contributed by atoms with Crippen LogP contribution in [0.15, 0.2) is 60.7 Å². The topological polar surface area (TPSA) is 67.9 Å². The molecule has 36 heavy (non-hydrogen) atoms. The Morgan fingerprint density at radius 2 is 1.69 bits per heavy atom. The van der Waals surface area contributed by atoms with Gasteiger partial charge in [-0.2, -0.15) is 0 Å². The van der Waals surface area contributed by atoms with Gasteiger partial charge in [0.05, 0.1) is 6.04 Å². The van der Waals surface area contributed by atoms with E-state index in [1.165, 1.54) is 0 Å². The number of aryl methyl sites for hydroxylation is 1. The number of fused-ring (bicyclic) bond motifs is 1. The fraction of sp³-hybridized carbons (Fsp3) is 0.400. The molecule has 6 nitrogen and oxygen atoms in total. The second-order valence-electron chi connectivity index (χ2n) is 10.5. The molecule has 1 saturated heterocycles. The summed E-state index contributed by atoms with van der Waals surface area (Å²) in [5.41, 5.74) is 2.08. The van der Waals surface area contributed by atoms with Crippen LogP contribution in [0.3, 0.4) is 0 Å². The van der Waals surface area contributed by atoms with Gasteiger partial charge in [0.25, 0.3) is 5.91 Å². The monoisotopic (exact) mass is 488 g/mol. The minimum absolute atomic E-state index is 0.0167. The van der Waals surface area contributed by atoms with Gasteiger partial charge < -0.3 is 19.7 Å². The van der Waals surface area contributed by atoms with Crippen molar-refractivity contribution in [1.82, 2.24) is 10.2 Å². The summed E-state index contributed by atoms with van der Waals surface area (Å²) in [4.78, 5) is 27.3.